The van der Waals surface area contributed by atoms with E-state index in [-0.39, 0.29) is 11.8 Å². The lowest BCUT2D eigenvalue weighted by molar-refractivity contribution is -0.154. The summed E-state index contributed by atoms with van der Waals surface area (Å²) < 4.78 is 0. The zero-order valence-corrected chi connectivity index (χ0v) is 7.32. The van der Waals surface area contributed by atoms with Crippen molar-refractivity contribution in [3.05, 3.63) is 11.6 Å². The Bertz CT molecular complexity index is 280. The third-order valence-electron chi connectivity index (χ3n) is 2.59. The van der Waals surface area contributed by atoms with Crippen molar-refractivity contribution in [2.45, 2.75) is 26.3 Å². The highest BCUT2D eigenvalue weighted by molar-refractivity contribution is 5.87. The van der Waals surface area contributed by atoms with Crippen molar-refractivity contribution in [2.75, 3.05) is 0 Å². The summed E-state index contributed by atoms with van der Waals surface area (Å²) >= 11 is 0. The van der Waals surface area contributed by atoms with Crippen LogP contribution in [0.25, 0.3) is 0 Å². The minimum atomic E-state index is 0.152. The van der Waals surface area contributed by atoms with E-state index in [1.807, 2.05) is 13.0 Å². The van der Waals surface area contributed by atoms with Gasteiger partial charge in [-0.1, -0.05) is 12.5 Å². The summed E-state index contributed by atoms with van der Waals surface area (Å²) in [5, 5.41) is 5.65. The molecule has 3 nitrogen and oxygen atoms in total. The molecule has 2 heterocycles. The van der Waals surface area contributed by atoms with Gasteiger partial charge in [-0.05, 0) is 19.4 Å². The van der Waals surface area contributed by atoms with Crippen LogP contribution in [0, 0.1) is 5.92 Å². The van der Waals surface area contributed by atoms with Gasteiger partial charge in [-0.25, -0.2) is 5.01 Å². The largest absolute Gasteiger partial charge is 0.273 e. The summed E-state index contributed by atoms with van der Waals surface area (Å²) in [4.78, 5) is 11.2. The zero-order chi connectivity index (χ0) is 8.72. The molecular formula is C9H12N2O. The number of fused-ring (bicyclic) bond motifs is 1. The first-order chi connectivity index (χ1) is 5.70. The molecule has 3 heteroatoms. The minimum Gasteiger partial charge on any atom is -0.273 e. The van der Waals surface area contributed by atoms with Gasteiger partial charge >= 0.3 is 0 Å². The van der Waals surface area contributed by atoms with Crippen molar-refractivity contribution in [1.29, 1.82) is 0 Å². The van der Waals surface area contributed by atoms with Gasteiger partial charge in [-0.2, -0.15) is 5.10 Å². The fraction of sp³-hybridized carbons (Fsp3) is 0.556. The molecule has 0 aromatic carbocycles. The molecule has 0 spiro atoms. The molecule has 2 aliphatic heterocycles. The normalized spacial score (nSPS) is 33.7. The zero-order valence-electron chi connectivity index (χ0n) is 7.32. The third kappa shape index (κ3) is 0.891. The molecular weight excluding hydrogens is 152 g/mol. The summed E-state index contributed by atoms with van der Waals surface area (Å²) in [6.45, 7) is 4.04. The molecule has 12 heavy (non-hydrogen) atoms. The lowest BCUT2D eigenvalue weighted by Gasteiger charge is -2.41. The predicted molar refractivity (Wildman–Crippen MR) is 46.7 cm³/mol. The molecule has 0 aromatic rings. The number of β-lactam (4-membered cyclic amide) rings is 1. The Hall–Kier alpha value is -1.12. The van der Waals surface area contributed by atoms with Crippen LogP contribution in [0.3, 0.4) is 0 Å². The first-order valence-corrected chi connectivity index (χ1v) is 4.23. The predicted octanol–water partition coefficient (Wildman–Crippen LogP) is 1.17. The number of hydrazone groups is 1. The van der Waals surface area contributed by atoms with E-state index in [1.54, 1.807) is 11.2 Å². The minimum absolute atomic E-state index is 0.152. The Morgan fingerprint density at radius 3 is 3.17 bits per heavy atom. The van der Waals surface area contributed by atoms with Gasteiger partial charge in [0.15, 0.2) is 0 Å². The molecule has 2 atom stereocenters. The number of hydrogen-bond donors (Lipinski definition) is 0. The van der Waals surface area contributed by atoms with E-state index in [9.17, 15) is 4.79 Å². The van der Waals surface area contributed by atoms with E-state index in [2.05, 4.69) is 12.0 Å². The van der Waals surface area contributed by atoms with E-state index < -0.39 is 0 Å². The van der Waals surface area contributed by atoms with Gasteiger partial charge in [0, 0.05) is 6.21 Å². The van der Waals surface area contributed by atoms with E-state index in [0.29, 0.717) is 6.04 Å². The Labute approximate surface area is 71.7 Å². The van der Waals surface area contributed by atoms with Crippen molar-refractivity contribution in [1.82, 2.24) is 5.01 Å². The number of hydrogen-bond acceptors (Lipinski definition) is 2. The molecule has 64 valence electrons. The van der Waals surface area contributed by atoms with Crippen molar-refractivity contribution in [3.8, 4) is 0 Å². The lowest BCUT2D eigenvalue weighted by Crippen LogP contribution is -2.56. The molecule has 0 aliphatic carbocycles. The van der Waals surface area contributed by atoms with Crippen LogP contribution in [0.4, 0.5) is 0 Å². The molecule has 0 unspecified atom stereocenters. The standard InChI is InChI=1S/C9H12N2O/c1-6-3-4-10-11-8(5-6)7(2)9(11)12/h3-4,7-8H,5H2,1-2H3/t7-,8-/m1/s1. The molecule has 0 aromatic heterocycles. The van der Waals surface area contributed by atoms with E-state index in [0.717, 1.165) is 6.42 Å². The Morgan fingerprint density at radius 2 is 2.42 bits per heavy atom. The van der Waals surface area contributed by atoms with Crippen LogP contribution in [0.5, 0.6) is 0 Å². The molecule has 1 saturated heterocycles. The van der Waals surface area contributed by atoms with Gasteiger partial charge in [0.25, 0.3) is 0 Å². The van der Waals surface area contributed by atoms with Gasteiger partial charge in [0.05, 0.1) is 12.0 Å². The highest BCUT2D eigenvalue weighted by atomic mass is 16.2. The van der Waals surface area contributed by atoms with Crippen LogP contribution in [0.1, 0.15) is 20.3 Å². The Kier molecular flexibility index (Phi) is 1.53. The van der Waals surface area contributed by atoms with E-state index in [4.69, 9.17) is 0 Å². The first kappa shape index (κ1) is 7.53. The maximum absolute atomic E-state index is 11.2. The topological polar surface area (TPSA) is 32.7 Å². The fourth-order valence-electron chi connectivity index (χ4n) is 1.70. The summed E-state index contributed by atoms with van der Waals surface area (Å²) in [7, 11) is 0. The highest BCUT2D eigenvalue weighted by Crippen LogP contribution is 2.32. The van der Waals surface area contributed by atoms with Crippen LogP contribution in [0.15, 0.2) is 16.8 Å². The summed E-state index contributed by atoms with van der Waals surface area (Å²) in [5.74, 6) is 0.308. The second kappa shape index (κ2) is 2.44. The van der Waals surface area contributed by atoms with Crippen molar-refractivity contribution >= 4 is 12.1 Å². The molecule has 2 aliphatic rings. The van der Waals surface area contributed by atoms with Gasteiger partial charge in [0.2, 0.25) is 5.91 Å². The average molecular weight is 164 g/mol. The molecule has 2 rings (SSSR count). The SMILES string of the molecule is CC1=CC=NN2C(=O)[C@H](C)[C@H]2C1. The van der Waals surface area contributed by atoms with Crippen LogP contribution >= 0.6 is 0 Å². The van der Waals surface area contributed by atoms with Crippen molar-refractivity contribution in [3.63, 3.8) is 0 Å². The smallest absolute Gasteiger partial charge is 0.247 e. The van der Waals surface area contributed by atoms with Crippen LogP contribution in [-0.4, -0.2) is 23.2 Å². The first-order valence-electron chi connectivity index (χ1n) is 4.23. The molecule has 0 saturated carbocycles. The number of amides is 1. The van der Waals surface area contributed by atoms with Crippen LogP contribution < -0.4 is 0 Å². The number of nitrogens with zero attached hydrogens (tertiary/aromatic N) is 2. The van der Waals surface area contributed by atoms with Gasteiger partial charge in [-0.3, -0.25) is 4.79 Å². The Balaban J connectivity index is 2.21. The van der Waals surface area contributed by atoms with E-state index in [1.165, 1.54) is 5.57 Å². The molecule has 0 N–H and O–H groups in total. The van der Waals surface area contributed by atoms with Gasteiger partial charge < -0.3 is 0 Å². The number of allylic oxidation sites excluding steroid dienone is 1. The van der Waals surface area contributed by atoms with E-state index >= 15 is 0 Å². The highest BCUT2D eigenvalue weighted by Gasteiger charge is 2.44. The fourth-order valence-corrected chi connectivity index (χ4v) is 1.70. The van der Waals surface area contributed by atoms with Crippen LogP contribution in [-0.2, 0) is 4.79 Å². The number of carbonyl (C=O) groups is 1. The monoisotopic (exact) mass is 164 g/mol. The molecule has 1 amide bonds. The third-order valence-corrected chi connectivity index (χ3v) is 2.59. The summed E-state index contributed by atoms with van der Waals surface area (Å²) in [6, 6.07) is 0.312. The second-order valence-corrected chi connectivity index (χ2v) is 3.52. The molecule has 1 fully saturated rings. The average Bonchev–Trinajstić information content (AvgIpc) is 2.24. The van der Waals surface area contributed by atoms with Crippen molar-refractivity contribution in [2.24, 2.45) is 11.0 Å². The summed E-state index contributed by atoms with van der Waals surface area (Å²) in [6.07, 6.45) is 4.64. The van der Waals surface area contributed by atoms with Gasteiger partial charge in [0.1, 0.15) is 0 Å². The second-order valence-electron chi connectivity index (χ2n) is 3.52. The number of rotatable bonds is 0. The Morgan fingerprint density at radius 1 is 1.67 bits per heavy atom. The maximum atomic E-state index is 11.2. The quantitative estimate of drug-likeness (QED) is 0.495. The maximum Gasteiger partial charge on any atom is 0.247 e. The number of carbonyl (C=O) groups excluding carboxylic acids is 1. The van der Waals surface area contributed by atoms with Crippen LogP contribution in [0.2, 0.25) is 0 Å². The van der Waals surface area contributed by atoms with Gasteiger partial charge in [-0.15, -0.1) is 0 Å². The lowest BCUT2D eigenvalue weighted by atomic mass is 9.87. The van der Waals surface area contributed by atoms with Crippen molar-refractivity contribution < 1.29 is 4.79 Å². The molecule has 0 radical (unpaired) electrons. The molecule has 0 bridgehead atoms. The summed E-state index contributed by atoms with van der Waals surface area (Å²) in [5.41, 5.74) is 1.30.